The van der Waals surface area contributed by atoms with Crippen molar-refractivity contribution in [2.45, 2.75) is 58.1 Å². The quantitative estimate of drug-likeness (QED) is 0.818. The highest BCUT2D eigenvalue weighted by atomic mass is 16.3. The van der Waals surface area contributed by atoms with E-state index in [1.54, 1.807) is 6.33 Å². The van der Waals surface area contributed by atoms with E-state index in [9.17, 15) is 5.11 Å². The maximum Gasteiger partial charge on any atom is 0.138 e. The molecule has 0 fully saturated rings. The predicted molar refractivity (Wildman–Crippen MR) is 66.7 cm³/mol. The molecule has 1 aliphatic carbocycles. The first-order chi connectivity index (χ1) is 8.16. The van der Waals surface area contributed by atoms with Crippen LogP contribution in [-0.4, -0.2) is 26.0 Å². The minimum atomic E-state index is -0.275. The summed E-state index contributed by atoms with van der Waals surface area (Å²) in [4.78, 5) is 4.32. The van der Waals surface area contributed by atoms with Gasteiger partial charge in [-0.1, -0.05) is 18.1 Å². The molecule has 4 nitrogen and oxygen atoms in total. The molecule has 0 saturated heterocycles. The molecule has 0 radical (unpaired) electrons. The molecule has 1 N–H and O–H groups in total. The van der Waals surface area contributed by atoms with E-state index in [1.807, 2.05) is 10.8 Å². The Kier molecular flexibility index (Phi) is 3.94. The molecule has 1 aromatic rings. The number of hydrogen-bond acceptors (Lipinski definition) is 3. The van der Waals surface area contributed by atoms with Crippen molar-refractivity contribution in [3.05, 3.63) is 23.8 Å². The molecule has 17 heavy (non-hydrogen) atoms. The van der Waals surface area contributed by atoms with Gasteiger partial charge in [0.15, 0.2) is 0 Å². The first kappa shape index (κ1) is 12.3. The van der Waals surface area contributed by atoms with Crippen molar-refractivity contribution in [2.75, 3.05) is 0 Å². The van der Waals surface area contributed by atoms with Crippen LogP contribution in [0.5, 0.6) is 0 Å². The van der Waals surface area contributed by atoms with Crippen molar-refractivity contribution in [1.82, 2.24) is 14.8 Å². The van der Waals surface area contributed by atoms with Crippen molar-refractivity contribution >= 4 is 0 Å². The Balaban J connectivity index is 2.11. The molecule has 1 unspecified atom stereocenters. The third-order valence-corrected chi connectivity index (χ3v) is 3.20. The molecule has 4 heteroatoms. The van der Waals surface area contributed by atoms with Crippen molar-refractivity contribution in [2.24, 2.45) is 0 Å². The van der Waals surface area contributed by atoms with Gasteiger partial charge in [-0.3, -0.25) is 0 Å². The first-order valence-electron chi connectivity index (χ1n) is 6.43. The van der Waals surface area contributed by atoms with Gasteiger partial charge in [0, 0.05) is 12.5 Å². The summed E-state index contributed by atoms with van der Waals surface area (Å²) < 4.78 is 1.96. The van der Waals surface area contributed by atoms with E-state index in [0.717, 1.165) is 31.5 Å². The highest BCUT2D eigenvalue weighted by molar-refractivity contribution is 5.13. The molecule has 0 saturated carbocycles. The Morgan fingerprint density at radius 1 is 1.47 bits per heavy atom. The molecule has 0 aliphatic heterocycles. The van der Waals surface area contributed by atoms with E-state index in [1.165, 1.54) is 12.0 Å². The monoisotopic (exact) mass is 235 g/mol. The molecular formula is C13H21N3O. The second kappa shape index (κ2) is 5.45. The molecular weight excluding hydrogens is 214 g/mol. The largest absolute Gasteiger partial charge is 0.389 e. The summed E-state index contributed by atoms with van der Waals surface area (Å²) >= 11 is 0. The van der Waals surface area contributed by atoms with E-state index in [0.29, 0.717) is 6.04 Å². The van der Waals surface area contributed by atoms with Gasteiger partial charge in [0.25, 0.3) is 0 Å². The van der Waals surface area contributed by atoms with Crippen LogP contribution in [0.1, 0.15) is 51.4 Å². The molecule has 1 aliphatic rings. The van der Waals surface area contributed by atoms with Gasteiger partial charge >= 0.3 is 0 Å². The number of aromatic nitrogens is 3. The maximum atomic E-state index is 9.75. The average molecular weight is 235 g/mol. The normalized spacial score (nSPS) is 21.4. The van der Waals surface area contributed by atoms with E-state index < -0.39 is 0 Å². The van der Waals surface area contributed by atoms with Gasteiger partial charge in [-0.2, -0.15) is 5.10 Å². The van der Waals surface area contributed by atoms with E-state index >= 15 is 0 Å². The molecule has 94 valence electrons. The zero-order valence-electron chi connectivity index (χ0n) is 10.6. The van der Waals surface area contributed by atoms with Crippen molar-refractivity contribution in [3.8, 4) is 0 Å². The number of nitrogens with zero attached hydrogens (tertiary/aromatic N) is 3. The minimum absolute atomic E-state index is 0.275. The van der Waals surface area contributed by atoms with Crippen LogP contribution in [0, 0.1) is 0 Å². The smallest absolute Gasteiger partial charge is 0.138 e. The first-order valence-corrected chi connectivity index (χ1v) is 6.43. The summed E-state index contributed by atoms with van der Waals surface area (Å²) in [7, 11) is 0. The minimum Gasteiger partial charge on any atom is -0.389 e. The molecule has 0 amide bonds. The average Bonchev–Trinajstić information content (AvgIpc) is 2.62. The van der Waals surface area contributed by atoms with E-state index in [2.05, 4.69) is 23.9 Å². The van der Waals surface area contributed by atoms with Crippen LogP contribution in [0.15, 0.2) is 18.0 Å². The van der Waals surface area contributed by atoms with Gasteiger partial charge in [0.2, 0.25) is 0 Å². The maximum absolute atomic E-state index is 9.75. The fourth-order valence-corrected chi connectivity index (χ4v) is 2.33. The van der Waals surface area contributed by atoms with Gasteiger partial charge in [-0.25, -0.2) is 9.67 Å². The summed E-state index contributed by atoms with van der Waals surface area (Å²) in [5, 5.41) is 14.0. The number of rotatable bonds is 3. The molecule has 1 aromatic heterocycles. The molecule has 2 rings (SSSR count). The number of hydrogen-bond donors (Lipinski definition) is 1. The van der Waals surface area contributed by atoms with Gasteiger partial charge in [0.1, 0.15) is 12.2 Å². The lowest BCUT2D eigenvalue weighted by Gasteiger charge is -2.11. The fourth-order valence-electron chi connectivity index (χ4n) is 2.33. The number of aliphatic hydroxyl groups excluding tert-OH is 1. The van der Waals surface area contributed by atoms with Crippen LogP contribution in [0.3, 0.4) is 0 Å². The third-order valence-electron chi connectivity index (χ3n) is 3.20. The zero-order valence-corrected chi connectivity index (χ0v) is 10.6. The van der Waals surface area contributed by atoms with Gasteiger partial charge in [-0.15, -0.1) is 0 Å². The fraction of sp³-hybridized carbons (Fsp3) is 0.692. The summed E-state index contributed by atoms with van der Waals surface area (Å²) in [6.07, 6.45) is 8.40. The van der Waals surface area contributed by atoms with Crippen LogP contribution in [-0.2, 0) is 6.42 Å². The second-order valence-corrected chi connectivity index (χ2v) is 5.03. The summed E-state index contributed by atoms with van der Waals surface area (Å²) in [5.41, 5.74) is 1.30. The summed E-state index contributed by atoms with van der Waals surface area (Å²) in [5.74, 6) is 1.00. The Morgan fingerprint density at radius 3 is 3.06 bits per heavy atom. The molecule has 0 aromatic carbocycles. The Labute approximate surface area is 102 Å². The highest BCUT2D eigenvalue weighted by Gasteiger charge is 2.13. The Hall–Kier alpha value is -1.16. The standard InChI is InChI=1S/C13H21N3O/c1-10(2)16-13(14-9-15-16)8-11-5-3-4-6-12(17)7-11/h7,9-10,12,17H,3-6,8H2,1-2H3. The van der Waals surface area contributed by atoms with Crippen LogP contribution >= 0.6 is 0 Å². The van der Waals surface area contributed by atoms with Crippen molar-refractivity contribution in [3.63, 3.8) is 0 Å². The summed E-state index contributed by atoms with van der Waals surface area (Å²) in [6, 6.07) is 0.337. The Morgan fingerprint density at radius 2 is 2.29 bits per heavy atom. The van der Waals surface area contributed by atoms with Crippen LogP contribution < -0.4 is 0 Å². The van der Waals surface area contributed by atoms with Crippen LogP contribution in [0.2, 0.25) is 0 Å². The lowest BCUT2D eigenvalue weighted by molar-refractivity contribution is 0.211. The van der Waals surface area contributed by atoms with E-state index in [-0.39, 0.29) is 6.10 Å². The Bertz CT molecular complexity index is 395. The highest BCUT2D eigenvalue weighted by Crippen LogP contribution is 2.21. The molecule has 1 atom stereocenters. The lowest BCUT2D eigenvalue weighted by atomic mass is 10.1. The van der Waals surface area contributed by atoms with Gasteiger partial charge in [0.05, 0.1) is 6.10 Å². The zero-order chi connectivity index (χ0) is 12.3. The molecule has 1 heterocycles. The number of aliphatic hydroxyl groups is 1. The number of allylic oxidation sites excluding steroid dienone is 1. The predicted octanol–water partition coefficient (Wildman–Crippen LogP) is 2.26. The van der Waals surface area contributed by atoms with Crippen LogP contribution in [0.4, 0.5) is 0 Å². The van der Waals surface area contributed by atoms with E-state index in [4.69, 9.17) is 0 Å². The summed E-state index contributed by atoms with van der Waals surface area (Å²) in [6.45, 7) is 4.21. The third kappa shape index (κ3) is 3.16. The SMILES string of the molecule is CC(C)n1ncnc1CC1=CC(O)CCCC1. The second-order valence-electron chi connectivity index (χ2n) is 5.03. The molecule has 0 bridgehead atoms. The molecule has 0 spiro atoms. The van der Waals surface area contributed by atoms with Gasteiger partial charge < -0.3 is 5.11 Å². The van der Waals surface area contributed by atoms with Gasteiger partial charge in [-0.05, 0) is 33.1 Å². The van der Waals surface area contributed by atoms with Crippen molar-refractivity contribution in [1.29, 1.82) is 0 Å². The van der Waals surface area contributed by atoms with Crippen LogP contribution in [0.25, 0.3) is 0 Å². The lowest BCUT2D eigenvalue weighted by Crippen LogP contribution is -2.09. The topological polar surface area (TPSA) is 50.9 Å². The van der Waals surface area contributed by atoms with Crippen molar-refractivity contribution < 1.29 is 5.11 Å².